The number of hydrogen-bond donors (Lipinski definition) is 4. The number of fused-ring (bicyclic) bond motifs is 3. The van der Waals surface area contributed by atoms with E-state index in [2.05, 4.69) is 22.5 Å². The smallest absolute Gasteiger partial charge is 0.329 e. The van der Waals surface area contributed by atoms with Crippen molar-refractivity contribution in [3.05, 3.63) is 197 Å². The molecule has 8 atom stereocenters. The third-order valence-corrected chi connectivity index (χ3v) is 14.0. The minimum absolute atomic E-state index is 0.0683. The lowest BCUT2D eigenvalue weighted by Gasteiger charge is -2.46. The molecule has 0 aliphatic carbocycles. The molecule has 3 aliphatic heterocycles. The summed E-state index contributed by atoms with van der Waals surface area (Å²) in [5.41, 5.74) is 1.33. The van der Waals surface area contributed by atoms with Gasteiger partial charge in [-0.15, -0.1) is 0 Å². The molecule has 74 heavy (non-hydrogen) atoms. The number of carbonyl (C=O) groups is 5. The number of nitrogens with one attached hydrogen (secondary N) is 2. The van der Waals surface area contributed by atoms with Gasteiger partial charge in [-0.1, -0.05) is 129 Å². The van der Waals surface area contributed by atoms with Gasteiger partial charge < -0.3 is 39.8 Å². The number of nitrogens with zero attached hydrogens (tertiary/aromatic N) is 2. The Bertz CT molecular complexity index is 3090. The van der Waals surface area contributed by atoms with Crippen molar-refractivity contribution in [2.75, 3.05) is 38.9 Å². The highest BCUT2D eigenvalue weighted by Gasteiger charge is 2.75. The Hall–Kier alpha value is -8.29. The van der Waals surface area contributed by atoms with E-state index in [4.69, 9.17) is 18.9 Å². The molecule has 1 spiro atoms. The summed E-state index contributed by atoms with van der Waals surface area (Å²) in [6.45, 7) is 2.74. The van der Waals surface area contributed by atoms with Gasteiger partial charge in [0.05, 0.1) is 50.6 Å². The van der Waals surface area contributed by atoms with E-state index in [1.165, 1.54) is 7.11 Å². The van der Waals surface area contributed by atoms with Crippen molar-refractivity contribution < 1.29 is 53.1 Å². The number of cyclic esters (lactones) is 1. The predicted octanol–water partition coefficient (Wildman–Crippen LogP) is 6.89. The molecule has 2 saturated heterocycles. The number of benzene rings is 6. The maximum atomic E-state index is 16.8. The van der Waals surface area contributed by atoms with Crippen LogP contribution in [0, 0.1) is 23.7 Å². The summed E-state index contributed by atoms with van der Waals surface area (Å²) < 4.78 is 23.1. The lowest BCUT2D eigenvalue weighted by Crippen LogP contribution is -2.58. The highest BCUT2D eigenvalue weighted by Crippen LogP contribution is 2.66. The van der Waals surface area contributed by atoms with Gasteiger partial charge in [0.2, 0.25) is 11.8 Å². The normalized spacial score (nSPS) is 21.6. The van der Waals surface area contributed by atoms with Crippen LogP contribution in [0.1, 0.15) is 77.1 Å². The highest BCUT2D eigenvalue weighted by atomic mass is 16.6. The van der Waals surface area contributed by atoms with Crippen LogP contribution >= 0.6 is 0 Å². The Morgan fingerprint density at radius 2 is 1.38 bits per heavy atom. The van der Waals surface area contributed by atoms with Gasteiger partial charge in [0.1, 0.15) is 41.7 Å². The van der Waals surface area contributed by atoms with E-state index in [-0.39, 0.29) is 31.0 Å². The maximum absolute atomic E-state index is 16.8. The number of rotatable bonds is 14. The van der Waals surface area contributed by atoms with Crippen LogP contribution in [0.2, 0.25) is 0 Å². The summed E-state index contributed by atoms with van der Waals surface area (Å²) >= 11 is 0. The van der Waals surface area contributed by atoms with Crippen LogP contribution in [0.4, 0.5) is 10.5 Å². The first-order chi connectivity index (χ1) is 35.9. The van der Waals surface area contributed by atoms with E-state index in [0.29, 0.717) is 44.9 Å². The number of aliphatic hydroxyl groups excluding tert-OH is 2. The van der Waals surface area contributed by atoms with Gasteiger partial charge in [0, 0.05) is 17.7 Å². The number of hydrogen-bond acceptors (Lipinski definition) is 12. The Morgan fingerprint density at radius 1 is 0.743 bits per heavy atom. The van der Waals surface area contributed by atoms with E-state index in [1.54, 1.807) is 118 Å². The lowest BCUT2D eigenvalue weighted by atomic mass is 9.65. The molecule has 3 heterocycles. The molecule has 4 amide bonds. The molecule has 15 nitrogen and oxygen atoms in total. The number of ether oxygens (including phenoxy) is 4. The fourth-order valence-corrected chi connectivity index (χ4v) is 10.7. The monoisotopic (exact) mass is 996 g/mol. The van der Waals surface area contributed by atoms with E-state index < -0.39 is 83.4 Å². The summed E-state index contributed by atoms with van der Waals surface area (Å²) in [5, 5.41) is 27.1. The average Bonchev–Trinajstić information content (AvgIpc) is 3.89. The second-order valence-corrected chi connectivity index (χ2v) is 18.6. The second kappa shape index (κ2) is 21.8. The van der Waals surface area contributed by atoms with E-state index in [9.17, 15) is 15.0 Å². The molecular weight excluding hydrogens is 941 g/mol. The second-order valence-electron chi connectivity index (χ2n) is 18.6. The Kier molecular flexibility index (Phi) is 14.9. The number of aliphatic hydroxyl groups is 2. The van der Waals surface area contributed by atoms with Crippen LogP contribution in [-0.2, 0) is 34.1 Å². The van der Waals surface area contributed by atoms with Crippen LogP contribution in [0.3, 0.4) is 0 Å². The molecule has 9 rings (SSSR count). The number of urea groups is 1. The molecule has 0 unspecified atom stereocenters. The summed E-state index contributed by atoms with van der Waals surface area (Å²) in [6.07, 6.45) is -2.20. The quantitative estimate of drug-likeness (QED) is 0.0654. The highest BCUT2D eigenvalue weighted by molar-refractivity contribution is 6.25. The molecular formula is C59H56N4O11. The van der Waals surface area contributed by atoms with Crippen LogP contribution in [0.25, 0.3) is 0 Å². The zero-order valence-electron chi connectivity index (χ0n) is 41.2. The van der Waals surface area contributed by atoms with Gasteiger partial charge in [-0.25, -0.2) is 14.5 Å². The molecule has 0 bridgehead atoms. The molecule has 4 N–H and O–H groups in total. The van der Waals surface area contributed by atoms with Gasteiger partial charge in [0.15, 0.2) is 0 Å². The van der Waals surface area contributed by atoms with Gasteiger partial charge in [-0.05, 0) is 88.3 Å². The minimum Gasteiger partial charge on any atom is -0.497 e. The zero-order chi connectivity index (χ0) is 52.1. The fourth-order valence-electron chi connectivity index (χ4n) is 10.7. The molecule has 0 aromatic heterocycles. The van der Waals surface area contributed by atoms with E-state index >= 15 is 19.2 Å². The molecule has 15 heteroatoms. The Labute approximate surface area is 429 Å². The van der Waals surface area contributed by atoms with Crippen LogP contribution in [0.15, 0.2) is 158 Å². The molecule has 2 fully saturated rings. The lowest BCUT2D eigenvalue weighted by molar-refractivity contribution is -0.178. The Balaban J connectivity index is 1.35. The van der Waals surface area contributed by atoms with E-state index in [1.807, 2.05) is 65.6 Å². The first-order valence-corrected chi connectivity index (χ1v) is 24.4. The number of carbonyl (C=O) groups excluding carboxylic acids is 5. The number of methoxy groups -OCH3 is 2. The summed E-state index contributed by atoms with van der Waals surface area (Å²) in [7, 11) is 2.76. The third-order valence-electron chi connectivity index (χ3n) is 14.0. The third kappa shape index (κ3) is 9.46. The summed E-state index contributed by atoms with van der Waals surface area (Å²) in [5.74, 6) is 1.93. The van der Waals surface area contributed by atoms with Crippen molar-refractivity contribution >= 4 is 35.5 Å². The zero-order valence-corrected chi connectivity index (χ0v) is 41.2. The topological polar surface area (TPSA) is 193 Å². The van der Waals surface area contributed by atoms with Gasteiger partial charge >= 0.3 is 18.0 Å². The van der Waals surface area contributed by atoms with Crippen LogP contribution < -0.4 is 25.0 Å². The molecule has 0 saturated carbocycles. The first kappa shape index (κ1) is 50.6. The molecule has 3 aliphatic rings. The molecule has 378 valence electrons. The maximum Gasteiger partial charge on any atom is 0.329 e. The molecule has 6 aromatic carbocycles. The SMILES string of the molecule is COC(=O)[C@@H](NC(=O)N1C(=O)[C@@]2(c3cc(C#Cc4ccc(OC)cc4)ccc31)[C@H](c1cccc(OCCO)c1)N1[C@H](c3ccccc3)[C@H](c3ccccc3)OC(=O)[C@H]1[C@@H]2C(=O)NC[C@H](O)c1ccccc1)C(C)C. The van der Waals surface area contributed by atoms with Crippen LogP contribution in [-0.4, -0.2) is 91.0 Å². The van der Waals surface area contributed by atoms with Crippen molar-refractivity contribution in [3.63, 3.8) is 0 Å². The van der Waals surface area contributed by atoms with Gasteiger partial charge in [0.25, 0.3) is 0 Å². The first-order valence-electron chi connectivity index (χ1n) is 24.4. The summed E-state index contributed by atoms with van der Waals surface area (Å²) in [6, 6.07) is 40.3. The number of amides is 4. The van der Waals surface area contributed by atoms with Crippen LogP contribution in [0.5, 0.6) is 11.5 Å². The average molecular weight is 997 g/mol. The standard InChI is InChI=1S/C59H56N4O11/c1-36(2)49(55(67)72-4)61-58(70)62-46-30-27-38(24-23-37-25-28-43(71-3)29-26-37)33-45(46)59(57(62)69)48(54(66)60-35-47(65)39-15-8-5-9-16-39)51-56(68)74-52(41-19-12-7-13-20-41)50(40-17-10-6-11-18-40)63(51)53(59)42-21-14-22-44(34-42)73-32-31-64/h5-22,25-30,33-34,36,47-53,64-65H,31-32,35H2,1-4H3,(H,60,66)(H,61,70)/t47-,48+,49-,50+,51+,52-,53-,59+/m0/s1. The van der Waals surface area contributed by atoms with Crippen molar-refractivity contribution in [2.24, 2.45) is 11.8 Å². The van der Waals surface area contributed by atoms with Crippen molar-refractivity contribution in [2.45, 2.75) is 55.6 Å². The van der Waals surface area contributed by atoms with Gasteiger partial charge in [-0.2, -0.15) is 0 Å². The largest absolute Gasteiger partial charge is 0.497 e. The minimum atomic E-state index is -2.21. The van der Waals surface area contributed by atoms with Gasteiger partial charge in [-0.3, -0.25) is 19.3 Å². The summed E-state index contributed by atoms with van der Waals surface area (Å²) in [4.78, 5) is 79.5. The van der Waals surface area contributed by atoms with Crippen molar-refractivity contribution in [1.82, 2.24) is 15.5 Å². The molecule has 6 aromatic rings. The predicted molar refractivity (Wildman–Crippen MR) is 274 cm³/mol. The number of anilines is 1. The number of imide groups is 1. The number of morpholine rings is 1. The molecule has 0 radical (unpaired) electrons. The van der Waals surface area contributed by atoms with Crippen molar-refractivity contribution in [3.8, 4) is 23.3 Å². The van der Waals surface area contributed by atoms with E-state index in [0.717, 1.165) is 4.90 Å². The number of esters is 2. The Morgan fingerprint density at radius 3 is 2.03 bits per heavy atom. The van der Waals surface area contributed by atoms with Crippen molar-refractivity contribution in [1.29, 1.82) is 0 Å². The fraction of sp³-hybridized carbons (Fsp3) is 0.271.